The summed E-state index contributed by atoms with van der Waals surface area (Å²) in [5.74, 6) is -0.385. The van der Waals surface area contributed by atoms with Gasteiger partial charge in [-0.25, -0.2) is 4.98 Å². The van der Waals surface area contributed by atoms with Crippen LogP contribution >= 0.6 is 0 Å². The summed E-state index contributed by atoms with van der Waals surface area (Å²) in [5, 5.41) is 5.68. The summed E-state index contributed by atoms with van der Waals surface area (Å²) in [6.07, 6.45) is 2.57. The number of amides is 2. The summed E-state index contributed by atoms with van der Waals surface area (Å²) < 4.78 is 1.64. The van der Waals surface area contributed by atoms with Crippen LogP contribution in [0.1, 0.15) is 45.6 Å². The van der Waals surface area contributed by atoms with Gasteiger partial charge in [-0.1, -0.05) is 42.8 Å². The Morgan fingerprint density at radius 2 is 1.81 bits per heavy atom. The van der Waals surface area contributed by atoms with Crippen molar-refractivity contribution in [3.63, 3.8) is 0 Å². The summed E-state index contributed by atoms with van der Waals surface area (Å²) in [5.41, 5.74) is 3.05. The largest absolute Gasteiger partial charge is 0.351 e. The molecule has 0 bridgehead atoms. The van der Waals surface area contributed by atoms with Gasteiger partial charge in [0.2, 0.25) is 5.82 Å². The van der Waals surface area contributed by atoms with E-state index in [1.807, 2.05) is 44.2 Å². The molecule has 0 radical (unpaired) electrons. The molecule has 0 saturated carbocycles. The molecule has 134 valence electrons. The molecule has 0 aliphatic heterocycles. The number of nitrogens with one attached hydrogen (secondary N) is 2. The predicted molar refractivity (Wildman–Crippen MR) is 100 cm³/mol. The number of imidazole rings is 1. The Morgan fingerprint density at radius 1 is 1.04 bits per heavy atom. The number of fused-ring (bicyclic) bond motifs is 1. The molecule has 0 atom stereocenters. The third-order valence-corrected chi connectivity index (χ3v) is 4.08. The number of nitrogens with zero attached hydrogens (tertiary/aromatic N) is 2. The highest BCUT2D eigenvalue weighted by molar-refractivity contribution is 6.02. The van der Waals surface area contributed by atoms with Gasteiger partial charge in [-0.05, 0) is 31.0 Å². The number of carbonyl (C=O) groups is 2. The van der Waals surface area contributed by atoms with Gasteiger partial charge in [0.25, 0.3) is 11.8 Å². The maximum Gasteiger partial charge on any atom is 0.287 e. The molecule has 6 heteroatoms. The van der Waals surface area contributed by atoms with E-state index in [2.05, 4.69) is 15.6 Å². The number of hydrogen-bond donors (Lipinski definition) is 2. The zero-order chi connectivity index (χ0) is 18.5. The molecule has 2 amide bonds. The first-order valence-electron chi connectivity index (χ1n) is 8.69. The van der Waals surface area contributed by atoms with Crippen LogP contribution in [0, 0.1) is 6.92 Å². The van der Waals surface area contributed by atoms with Gasteiger partial charge in [-0.2, -0.15) is 0 Å². The van der Waals surface area contributed by atoms with E-state index in [0.29, 0.717) is 18.6 Å². The Hall–Kier alpha value is -3.15. The van der Waals surface area contributed by atoms with Crippen molar-refractivity contribution in [3.8, 4) is 0 Å². The van der Waals surface area contributed by atoms with Crippen LogP contribution in [0.15, 0.2) is 48.7 Å². The number of aryl methyl sites for hydroxylation is 1. The van der Waals surface area contributed by atoms with Crippen LogP contribution < -0.4 is 10.6 Å². The van der Waals surface area contributed by atoms with E-state index in [4.69, 9.17) is 0 Å². The number of aromatic nitrogens is 2. The van der Waals surface area contributed by atoms with Gasteiger partial charge in [-0.15, -0.1) is 0 Å². The molecule has 0 unspecified atom stereocenters. The van der Waals surface area contributed by atoms with Gasteiger partial charge in [0.05, 0.1) is 5.52 Å². The maximum atomic E-state index is 12.6. The zero-order valence-corrected chi connectivity index (χ0v) is 15.0. The molecular formula is C20H22N4O2. The fraction of sp³-hybridized carbons (Fsp3) is 0.250. The number of rotatable bonds is 6. The van der Waals surface area contributed by atoms with Crippen LogP contribution in [-0.2, 0) is 6.54 Å². The second kappa shape index (κ2) is 7.82. The van der Waals surface area contributed by atoms with Gasteiger partial charge in [-0.3, -0.25) is 14.0 Å². The van der Waals surface area contributed by atoms with Crippen molar-refractivity contribution in [1.29, 1.82) is 0 Å². The average molecular weight is 350 g/mol. The SMILES string of the molecule is CCCNC(=O)c1nc(C(=O)NCc2ccc(C)cc2)n2ccccc12. The molecule has 0 aliphatic carbocycles. The molecule has 0 spiro atoms. The lowest BCUT2D eigenvalue weighted by molar-refractivity contribution is 0.0940. The lowest BCUT2D eigenvalue weighted by atomic mass is 10.1. The first kappa shape index (κ1) is 17.7. The Morgan fingerprint density at radius 3 is 2.54 bits per heavy atom. The van der Waals surface area contributed by atoms with Gasteiger partial charge in [0.15, 0.2) is 5.69 Å². The maximum absolute atomic E-state index is 12.6. The second-order valence-electron chi connectivity index (χ2n) is 6.16. The summed E-state index contributed by atoms with van der Waals surface area (Å²) in [6, 6.07) is 13.4. The van der Waals surface area contributed by atoms with Crippen LogP contribution in [0.2, 0.25) is 0 Å². The van der Waals surface area contributed by atoms with Crippen molar-refractivity contribution in [1.82, 2.24) is 20.0 Å². The molecule has 2 aromatic heterocycles. The van der Waals surface area contributed by atoms with E-state index in [-0.39, 0.29) is 23.3 Å². The van der Waals surface area contributed by atoms with Crippen molar-refractivity contribution in [2.45, 2.75) is 26.8 Å². The van der Waals surface area contributed by atoms with Crippen molar-refractivity contribution < 1.29 is 9.59 Å². The number of benzene rings is 1. The number of pyridine rings is 1. The second-order valence-corrected chi connectivity index (χ2v) is 6.16. The van der Waals surface area contributed by atoms with E-state index >= 15 is 0 Å². The van der Waals surface area contributed by atoms with E-state index < -0.39 is 0 Å². The monoisotopic (exact) mass is 350 g/mol. The molecule has 0 aliphatic rings. The minimum Gasteiger partial charge on any atom is -0.351 e. The topological polar surface area (TPSA) is 75.5 Å². The van der Waals surface area contributed by atoms with E-state index in [9.17, 15) is 9.59 Å². The van der Waals surface area contributed by atoms with Crippen LogP contribution in [0.3, 0.4) is 0 Å². The number of carbonyl (C=O) groups excluding carboxylic acids is 2. The molecule has 2 N–H and O–H groups in total. The molecule has 0 fully saturated rings. The van der Waals surface area contributed by atoms with E-state index in [1.54, 1.807) is 22.7 Å². The van der Waals surface area contributed by atoms with Gasteiger partial charge >= 0.3 is 0 Å². The Labute approximate surface area is 152 Å². The third kappa shape index (κ3) is 3.74. The van der Waals surface area contributed by atoms with Crippen LogP contribution in [0.25, 0.3) is 5.52 Å². The lowest BCUT2D eigenvalue weighted by Crippen LogP contribution is -2.26. The van der Waals surface area contributed by atoms with Gasteiger partial charge in [0.1, 0.15) is 0 Å². The fourth-order valence-electron chi connectivity index (χ4n) is 2.65. The van der Waals surface area contributed by atoms with Crippen molar-refractivity contribution >= 4 is 17.3 Å². The molecule has 1 aromatic carbocycles. The van der Waals surface area contributed by atoms with Crippen LogP contribution in [-0.4, -0.2) is 27.7 Å². The predicted octanol–water partition coefficient (Wildman–Crippen LogP) is 2.71. The normalized spacial score (nSPS) is 10.7. The highest BCUT2D eigenvalue weighted by Gasteiger charge is 2.20. The van der Waals surface area contributed by atoms with E-state index in [0.717, 1.165) is 12.0 Å². The Kier molecular flexibility index (Phi) is 5.31. The molecular weight excluding hydrogens is 328 g/mol. The van der Waals surface area contributed by atoms with Crippen LogP contribution in [0.4, 0.5) is 0 Å². The van der Waals surface area contributed by atoms with Crippen LogP contribution in [0.5, 0.6) is 0 Å². The van der Waals surface area contributed by atoms with Crippen molar-refractivity contribution in [2.24, 2.45) is 0 Å². The Bertz CT molecular complexity index is 929. The van der Waals surface area contributed by atoms with Crippen molar-refractivity contribution in [2.75, 3.05) is 6.54 Å². The Balaban J connectivity index is 1.83. The first-order valence-corrected chi connectivity index (χ1v) is 8.69. The smallest absolute Gasteiger partial charge is 0.287 e. The van der Waals surface area contributed by atoms with E-state index in [1.165, 1.54) is 5.56 Å². The highest BCUT2D eigenvalue weighted by Crippen LogP contribution is 2.13. The summed E-state index contributed by atoms with van der Waals surface area (Å²) in [4.78, 5) is 29.3. The third-order valence-electron chi connectivity index (χ3n) is 4.08. The first-order chi connectivity index (χ1) is 12.6. The molecule has 3 aromatic rings. The number of hydrogen-bond acceptors (Lipinski definition) is 3. The molecule has 3 rings (SSSR count). The average Bonchev–Trinajstić information content (AvgIpc) is 3.05. The lowest BCUT2D eigenvalue weighted by Gasteiger charge is -2.05. The van der Waals surface area contributed by atoms with Crippen molar-refractivity contribution in [3.05, 3.63) is 71.3 Å². The summed E-state index contributed by atoms with van der Waals surface area (Å²) in [6.45, 7) is 4.97. The minimum atomic E-state index is -0.318. The molecule has 0 saturated heterocycles. The zero-order valence-electron chi connectivity index (χ0n) is 15.0. The summed E-state index contributed by atoms with van der Waals surface area (Å²) >= 11 is 0. The molecule has 26 heavy (non-hydrogen) atoms. The van der Waals surface area contributed by atoms with Gasteiger partial charge in [0, 0.05) is 19.3 Å². The standard InChI is InChI=1S/C20H22N4O2/c1-3-11-21-19(25)17-16-6-4-5-12-24(16)18(23-17)20(26)22-13-15-9-7-14(2)8-10-15/h4-10,12H,3,11,13H2,1-2H3,(H,21,25)(H,22,26). The van der Waals surface area contributed by atoms with Gasteiger partial charge < -0.3 is 10.6 Å². The molecule has 2 heterocycles. The summed E-state index contributed by atoms with van der Waals surface area (Å²) in [7, 11) is 0. The fourth-order valence-corrected chi connectivity index (χ4v) is 2.65. The molecule has 6 nitrogen and oxygen atoms in total. The quantitative estimate of drug-likeness (QED) is 0.718. The minimum absolute atomic E-state index is 0.203. The highest BCUT2D eigenvalue weighted by atomic mass is 16.2.